The number of fused-ring (bicyclic) bond motifs is 1. The van der Waals surface area contributed by atoms with E-state index in [0.717, 1.165) is 17.5 Å². The molecule has 1 aliphatic rings. The molecule has 0 bridgehead atoms. The van der Waals surface area contributed by atoms with Crippen LogP contribution in [0.15, 0.2) is 24.3 Å². The molecule has 4 nitrogen and oxygen atoms in total. The molecule has 0 spiro atoms. The lowest BCUT2D eigenvalue weighted by Gasteiger charge is -2.26. The van der Waals surface area contributed by atoms with Gasteiger partial charge in [0.25, 0.3) is 0 Å². The molecule has 1 aromatic rings. The maximum absolute atomic E-state index is 11.5. The third-order valence-corrected chi connectivity index (χ3v) is 4.42. The fraction of sp³-hybridized carbons (Fsp3) is 0.455. The van der Waals surface area contributed by atoms with E-state index >= 15 is 0 Å². The molecule has 0 saturated heterocycles. The number of benzene rings is 1. The predicted molar refractivity (Wildman–Crippen MR) is 63.5 cm³/mol. The Labute approximate surface area is 96.1 Å². The number of sulfonamides is 1. The highest BCUT2D eigenvalue weighted by atomic mass is 32.2. The van der Waals surface area contributed by atoms with E-state index in [1.807, 2.05) is 24.3 Å². The molecule has 16 heavy (non-hydrogen) atoms. The van der Waals surface area contributed by atoms with Gasteiger partial charge in [-0.15, -0.1) is 0 Å². The summed E-state index contributed by atoms with van der Waals surface area (Å²) in [5, 5.41) is 0. The van der Waals surface area contributed by atoms with Crippen molar-refractivity contribution in [2.75, 3.05) is 13.3 Å². The van der Waals surface area contributed by atoms with Gasteiger partial charge in [0, 0.05) is 13.1 Å². The molecular formula is C11H16N2O2S. The predicted octanol–water partition coefficient (Wildman–Crippen LogP) is 0.503. The van der Waals surface area contributed by atoms with E-state index < -0.39 is 10.0 Å². The average molecular weight is 240 g/mol. The number of hydrogen-bond donors (Lipinski definition) is 1. The van der Waals surface area contributed by atoms with Crippen molar-refractivity contribution in [1.29, 1.82) is 0 Å². The van der Waals surface area contributed by atoms with Crippen LogP contribution in [0, 0.1) is 0 Å². The fourth-order valence-corrected chi connectivity index (χ4v) is 2.96. The van der Waals surface area contributed by atoms with Crippen LogP contribution in [0.25, 0.3) is 0 Å². The molecule has 1 aromatic carbocycles. The number of hydrogen-bond acceptors (Lipinski definition) is 3. The molecule has 0 unspecified atom stereocenters. The van der Waals surface area contributed by atoms with Crippen molar-refractivity contribution < 1.29 is 8.42 Å². The second-order valence-corrected chi connectivity index (χ2v) is 6.33. The molecule has 2 rings (SSSR count). The lowest BCUT2D eigenvalue weighted by Crippen LogP contribution is -2.39. The number of rotatable bonds is 2. The van der Waals surface area contributed by atoms with E-state index in [1.54, 1.807) is 7.05 Å². The Morgan fingerprint density at radius 3 is 2.62 bits per heavy atom. The van der Waals surface area contributed by atoms with Gasteiger partial charge in [-0.3, -0.25) is 0 Å². The van der Waals surface area contributed by atoms with Gasteiger partial charge >= 0.3 is 0 Å². The Bertz CT molecular complexity index is 498. The van der Waals surface area contributed by atoms with Crippen molar-refractivity contribution in [3.63, 3.8) is 0 Å². The molecule has 0 fully saturated rings. The molecular weight excluding hydrogens is 224 g/mol. The normalized spacial score (nSPS) is 24.8. The Balaban J connectivity index is 2.43. The minimum absolute atomic E-state index is 0.155. The van der Waals surface area contributed by atoms with Crippen LogP contribution < -0.4 is 5.73 Å². The second kappa shape index (κ2) is 3.84. The summed E-state index contributed by atoms with van der Waals surface area (Å²) < 4.78 is 24.5. The highest BCUT2D eigenvalue weighted by molar-refractivity contribution is 7.88. The highest BCUT2D eigenvalue weighted by Gasteiger charge is 2.35. The number of nitrogens with two attached hydrogens (primary N) is 1. The van der Waals surface area contributed by atoms with E-state index in [9.17, 15) is 8.42 Å². The topological polar surface area (TPSA) is 63.4 Å². The van der Waals surface area contributed by atoms with Crippen LogP contribution in [0.5, 0.6) is 0 Å². The summed E-state index contributed by atoms with van der Waals surface area (Å²) in [4.78, 5) is 0. The molecule has 2 N–H and O–H groups in total. The monoisotopic (exact) mass is 240 g/mol. The van der Waals surface area contributed by atoms with Crippen molar-refractivity contribution in [2.45, 2.75) is 18.5 Å². The molecule has 0 radical (unpaired) electrons. The standard InChI is InChI=1S/C11H16N2O2S/c1-13(16(2,14)15)11-9-6-4-3-5-8(9)7-10(11)12/h3-6,10-11H,7,12H2,1-2H3/t10-,11-/m1/s1. The van der Waals surface area contributed by atoms with Gasteiger partial charge in [-0.2, -0.15) is 4.31 Å². The Kier molecular flexibility index (Phi) is 2.77. The summed E-state index contributed by atoms with van der Waals surface area (Å²) >= 11 is 0. The first kappa shape index (κ1) is 11.6. The third kappa shape index (κ3) is 1.86. The summed E-state index contributed by atoms with van der Waals surface area (Å²) in [7, 11) is -1.62. The smallest absolute Gasteiger partial charge is 0.211 e. The molecule has 88 valence electrons. The Morgan fingerprint density at radius 1 is 1.38 bits per heavy atom. The van der Waals surface area contributed by atoms with Gasteiger partial charge < -0.3 is 5.73 Å². The number of nitrogens with zero attached hydrogens (tertiary/aromatic N) is 1. The van der Waals surface area contributed by atoms with Gasteiger partial charge in [0.1, 0.15) is 0 Å². The molecule has 0 aliphatic heterocycles. The Hall–Kier alpha value is -0.910. The second-order valence-electron chi connectivity index (χ2n) is 4.29. The van der Waals surface area contributed by atoms with Crippen LogP contribution >= 0.6 is 0 Å². The van der Waals surface area contributed by atoms with Crippen molar-refractivity contribution in [3.05, 3.63) is 35.4 Å². The van der Waals surface area contributed by atoms with Crippen LogP contribution in [0.2, 0.25) is 0 Å². The lowest BCUT2D eigenvalue weighted by atomic mass is 10.1. The SMILES string of the molecule is CN([C@@H]1c2ccccc2C[C@H]1N)S(C)(=O)=O. The van der Waals surface area contributed by atoms with E-state index in [0.29, 0.717) is 0 Å². The minimum Gasteiger partial charge on any atom is -0.326 e. The zero-order valence-electron chi connectivity index (χ0n) is 9.42. The minimum atomic E-state index is -3.21. The molecule has 0 aromatic heterocycles. The van der Waals surface area contributed by atoms with Crippen molar-refractivity contribution in [3.8, 4) is 0 Å². The third-order valence-electron chi connectivity index (χ3n) is 3.15. The summed E-state index contributed by atoms with van der Waals surface area (Å²) in [5.74, 6) is 0. The van der Waals surface area contributed by atoms with E-state index in [-0.39, 0.29) is 12.1 Å². The van der Waals surface area contributed by atoms with Gasteiger partial charge in [-0.25, -0.2) is 8.42 Å². The molecule has 1 aliphatic carbocycles. The van der Waals surface area contributed by atoms with Crippen molar-refractivity contribution >= 4 is 10.0 Å². The summed E-state index contributed by atoms with van der Waals surface area (Å²) in [6.07, 6.45) is 1.95. The summed E-state index contributed by atoms with van der Waals surface area (Å²) in [5.41, 5.74) is 8.20. The lowest BCUT2D eigenvalue weighted by molar-refractivity contribution is 0.345. The quantitative estimate of drug-likeness (QED) is 0.819. The largest absolute Gasteiger partial charge is 0.326 e. The van der Waals surface area contributed by atoms with Crippen molar-refractivity contribution in [2.24, 2.45) is 5.73 Å². The molecule has 2 atom stereocenters. The average Bonchev–Trinajstić information content (AvgIpc) is 2.51. The molecule has 0 amide bonds. The van der Waals surface area contributed by atoms with E-state index in [1.165, 1.54) is 10.6 Å². The summed E-state index contributed by atoms with van der Waals surface area (Å²) in [6.45, 7) is 0. The van der Waals surface area contributed by atoms with E-state index in [2.05, 4.69) is 0 Å². The van der Waals surface area contributed by atoms with Crippen LogP contribution in [-0.2, 0) is 16.4 Å². The van der Waals surface area contributed by atoms with Gasteiger partial charge in [-0.1, -0.05) is 24.3 Å². The zero-order valence-corrected chi connectivity index (χ0v) is 10.2. The molecule has 0 heterocycles. The van der Waals surface area contributed by atoms with Gasteiger partial charge in [0.05, 0.1) is 12.3 Å². The number of likely N-dealkylation sites (N-methyl/N-ethyl adjacent to an activating group) is 1. The van der Waals surface area contributed by atoms with Crippen LogP contribution in [-0.4, -0.2) is 32.1 Å². The maximum atomic E-state index is 11.5. The first-order chi connectivity index (χ1) is 7.41. The fourth-order valence-electron chi connectivity index (χ4n) is 2.28. The van der Waals surface area contributed by atoms with E-state index in [4.69, 9.17) is 5.73 Å². The van der Waals surface area contributed by atoms with Gasteiger partial charge in [0.15, 0.2) is 0 Å². The molecule has 5 heteroatoms. The first-order valence-electron chi connectivity index (χ1n) is 5.17. The van der Waals surface area contributed by atoms with Gasteiger partial charge in [-0.05, 0) is 17.5 Å². The van der Waals surface area contributed by atoms with Crippen LogP contribution in [0.1, 0.15) is 17.2 Å². The Morgan fingerprint density at radius 2 is 2.00 bits per heavy atom. The summed E-state index contributed by atoms with van der Waals surface area (Å²) in [6, 6.07) is 7.44. The maximum Gasteiger partial charge on any atom is 0.211 e. The first-order valence-corrected chi connectivity index (χ1v) is 7.02. The highest BCUT2D eigenvalue weighted by Crippen LogP contribution is 2.35. The van der Waals surface area contributed by atoms with Crippen LogP contribution in [0.4, 0.5) is 0 Å². The molecule has 0 saturated carbocycles. The van der Waals surface area contributed by atoms with Crippen LogP contribution in [0.3, 0.4) is 0 Å². The zero-order chi connectivity index (χ0) is 11.9. The van der Waals surface area contributed by atoms with Gasteiger partial charge in [0.2, 0.25) is 10.0 Å². The van der Waals surface area contributed by atoms with Crippen molar-refractivity contribution in [1.82, 2.24) is 4.31 Å².